The second-order valence-electron chi connectivity index (χ2n) is 7.30. The van der Waals surface area contributed by atoms with Crippen LogP contribution in [0.3, 0.4) is 0 Å². The Morgan fingerprint density at radius 2 is 1.81 bits per heavy atom. The summed E-state index contributed by atoms with van der Waals surface area (Å²) in [5.41, 5.74) is 2.73. The monoisotopic (exact) mass is 438 g/mol. The highest BCUT2D eigenvalue weighted by atomic mass is 35.5. The van der Waals surface area contributed by atoms with Crippen LogP contribution >= 0.6 is 11.6 Å². The zero-order valence-corrected chi connectivity index (χ0v) is 17.8. The first-order valence-corrected chi connectivity index (χ1v) is 10.1. The van der Waals surface area contributed by atoms with Crippen molar-refractivity contribution in [3.63, 3.8) is 0 Å². The lowest BCUT2D eigenvalue weighted by Gasteiger charge is -2.10. The first kappa shape index (κ1) is 20.8. The molecule has 0 atom stereocenters. The Morgan fingerprint density at radius 3 is 2.52 bits per heavy atom. The van der Waals surface area contributed by atoms with Crippen molar-refractivity contribution < 1.29 is 9.18 Å². The molecule has 4 aromatic rings. The molecule has 158 valence electrons. The van der Waals surface area contributed by atoms with Crippen LogP contribution in [0.1, 0.15) is 17.0 Å². The number of carbonyl (C=O) groups excluding carboxylic acids is 1. The lowest BCUT2D eigenvalue weighted by Crippen LogP contribution is -2.29. The predicted molar refractivity (Wildman–Crippen MR) is 119 cm³/mol. The molecule has 0 aliphatic carbocycles. The Labute approximate surface area is 182 Å². The fourth-order valence-electron chi connectivity index (χ4n) is 3.66. The normalized spacial score (nSPS) is 11.1. The number of aryl methyl sites for hydroxylation is 2. The highest BCUT2D eigenvalue weighted by Crippen LogP contribution is 2.25. The molecule has 0 spiro atoms. The molecule has 1 N–H and O–H groups in total. The fraction of sp³-hybridized carbons (Fsp3) is 0.174. The molecule has 0 saturated carbocycles. The summed E-state index contributed by atoms with van der Waals surface area (Å²) in [4.78, 5) is 25.5. The van der Waals surface area contributed by atoms with Crippen molar-refractivity contribution in [1.29, 1.82) is 0 Å². The average molecular weight is 439 g/mol. The van der Waals surface area contributed by atoms with E-state index in [0.717, 1.165) is 27.0 Å². The zero-order valence-electron chi connectivity index (χ0n) is 17.0. The van der Waals surface area contributed by atoms with Crippen LogP contribution in [0.2, 0.25) is 5.02 Å². The smallest absolute Gasteiger partial charge is 0.276 e. The minimum Gasteiger partial charge on any atom is -0.343 e. The van der Waals surface area contributed by atoms with Crippen molar-refractivity contribution >= 4 is 34.0 Å². The molecule has 4 rings (SSSR count). The number of hydrogen-bond donors (Lipinski definition) is 1. The highest BCUT2D eigenvalue weighted by Gasteiger charge is 2.18. The van der Waals surface area contributed by atoms with Gasteiger partial charge in [-0.05, 0) is 49.7 Å². The number of nitrogens with one attached hydrogen (secondary N) is 1. The van der Waals surface area contributed by atoms with Gasteiger partial charge < -0.3 is 9.88 Å². The SMILES string of the molecule is Cc1c2cnn(CC(=O)Nc3ccc(F)cc3)c(=O)c2c(C)n1Cc1ccccc1Cl. The number of halogens is 2. The Bertz CT molecular complexity index is 1340. The molecule has 0 radical (unpaired) electrons. The molecule has 0 unspecified atom stereocenters. The molecule has 31 heavy (non-hydrogen) atoms. The summed E-state index contributed by atoms with van der Waals surface area (Å²) in [6.07, 6.45) is 1.60. The average Bonchev–Trinajstić information content (AvgIpc) is 2.98. The minimum atomic E-state index is -0.426. The molecule has 6 nitrogen and oxygen atoms in total. The van der Waals surface area contributed by atoms with Crippen molar-refractivity contribution in [2.75, 3.05) is 5.32 Å². The summed E-state index contributed by atoms with van der Waals surface area (Å²) >= 11 is 6.31. The second kappa shape index (κ2) is 8.35. The van der Waals surface area contributed by atoms with Crippen molar-refractivity contribution in [1.82, 2.24) is 14.3 Å². The largest absolute Gasteiger partial charge is 0.343 e. The maximum Gasteiger partial charge on any atom is 0.276 e. The quantitative estimate of drug-likeness (QED) is 0.505. The van der Waals surface area contributed by atoms with Crippen LogP contribution < -0.4 is 10.9 Å². The van der Waals surface area contributed by atoms with Gasteiger partial charge in [-0.25, -0.2) is 9.07 Å². The maximum absolute atomic E-state index is 13.1. The van der Waals surface area contributed by atoms with Crippen LogP contribution in [0.4, 0.5) is 10.1 Å². The summed E-state index contributed by atoms with van der Waals surface area (Å²) < 4.78 is 16.2. The zero-order chi connectivity index (χ0) is 22.1. The van der Waals surface area contributed by atoms with E-state index in [4.69, 9.17) is 11.6 Å². The van der Waals surface area contributed by atoms with Crippen LogP contribution in [0, 0.1) is 19.7 Å². The van der Waals surface area contributed by atoms with Gasteiger partial charge >= 0.3 is 0 Å². The summed E-state index contributed by atoms with van der Waals surface area (Å²) in [7, 11) is 0. The number of nitrogens with zero attached hydrogens (tertiary/aromatic N) is 3. The molecule has 2 heterocycles. The van der Waals surface area contributed by atoms with Crippen LogP contribution in [0.25, 0.3) is 10.8 Å². The first-order chi connectivity index (χ1) is 14.8. The number of amides is 1. The van der Waals surface area contributed by atoms with Gasteiger partial charge in [0.05, 0.1) is 11.6 Å². The van der Waals surface area contributed by atoms with Gasteiger partial charge in [-0.2, -0.15) is 5.10 Å². The minimum absolute atomic E-state index is 0.250. The number of benzene rings is 2. The van der Waals surface area contributed by atoms with Gasteiger partial charge in [0, 0.05) is 34.0 Å². The van der Waals surface area contributed by atoms with Crippen LogP contribution in [0.15, 0.2) is 59.5 Å². The van der Waals surface area contributed by atoms with E-state index in [2.05, 4.69) is 10.4 Å². The summed E-state index contributed by atoms with van der Waals surface area (Å²) in [5, 5.41) is 8.75. The summed E-state index contributed by atoms with van der Waals surface area (Å²) in [6, 6.07) is 13.0. The van der Waals surface area contributed by atoms with Gasteiger partial charge in [0.2, 0.25) is 5.91 Å². The third-order valence-electron chi connectivity index (χ3n) is 5.31. The molecule has 0 saturated heterocycles. The van der Waals surface area contributed by atoms with E-state index in [-0.39, 0.29) is 12.1 Å². The van der Waals surface area contributed by atoms with Crippen molar-refractivity contribution in [2.24, 2.45) is 0 Å². The van der Waals surface area contributed by atoms with Crippen molar-refractivity contribution in [2.45, 2.75) is 26.9 Å². The molecule has 1 amide bonds. The molecule has 2 aromatic heterocycles. The number of anilines is 1. The van der Waals surface area contributed by atoms with E-state index >= 15 is 0 Å². The molecular weight excluding hydrogens is 419 g/mol. The molecule has 2 aromatic carbocycles. The Morgan fingerprint density at radius 1 is 1.10 bits per heavy atom. The van der Waals surface area contributed by atoms with E-state index in [1.165, 1.54) is 24.3 Å². The van der Waals surface area contributed by atoms with Gasteiger partial charge in [0.1, 0.15) is 12.4 Å². The third kappa shape index (κ3) is 4.09. The van der Waals surface area contributed by atoms with Crippen molar-refractivity contribution in [3.05, 3.63) is 92.9 Å². The van der Waals surface area contributed by atoms with Gasteiger partial charge in [-0.15, -0.1) is 0 Å². The van der Waals surface area contributed by atoms with E-state index in [0.29, 0.717) is 22.6 Å². The van der Waals surface area contributed by atoms with Crippen LogP contribution in [-0.4, -0.2) is 20.3 Å². The van der Waals surface area contributed by atoms with E-state index < -0.39 is 11.7 Å². The Kier molecular flexibility index (Phi) is 5.61. The van der Waals surface area contributed by atoms with E-state index in [1.807, 2.05) is 42.7 Å². The molecular formula is C23H20ClFN4O2. The van der Waals surface area contributed by atoms with Gasteiger partial charge in [0.25, 0.3) is 5.56 Å². The first-order valence-electron chi connectivity index (χ1n) is 9.69. The third-order valence-corrected chi connectivity index (χ3v) is 5.68. The van der Waals surface area contributed by atoms with Crippen molar-refractivity contribution in [3.8, 4) is 0 Å². The highest BCUT2D eigenvalue weighted by molar-refractivity contribution is 6.31. The number of carbonyl (C=O) groups is 1. The van der Waals surface area contributed by atoms with Gasteiger partial charge in [0.15, 0.2) is 0 Å². The topological polar surface area (TPSA) is 68.9 Å². The number of aromatic nitrogens is 3. The lowest BCUT2D eigenvalue weighted by atomic mass is 10.2. The standard InChI is InChI=1S/C23H20ClFN4O2/c1-14-19-11-26-29(13-21(30)27-18-9-7-17(25)8-10-18)23(31)22(19)15(2)28(14)12-16-5-3-4-6-20(16)24/h3-11H,12-13H2,1-2H3,(H,27,30). The molecule has 0 aliphatic heterocycles. The van der Waals surface area contributed by atoms with Gasteiger partial charge in [-0.3, -0.25) is 9.59 Å². The number of rotatable bonds is 5. The van der Waals surface area contributed by atoms with Crippen LogP contribution in [0.5, 0.6) is 0 Å². The van der Waals surface area contributed by atoms with Gasteiger partial charge in [-0.1, -0.05) is 29.8 Å². The molecule has 0 fully saturated rings. The van der Waals surface area contributed by atoms with E-state index in [9.17, 15) is 14.0 Å². The number of fused-ring (bicyclic) bond motifs is 1. The molecule has 8 heteroatoms. The number of hydrogen-bond acceptors (Lipinski definition) is 3. The Hall–Kier alpha value is -3.45. The fourth-order valence-corrected chi connectivity index (χ4v) is 3.86. The van der Waals surface area contributed by atoms with Crippen LogP contribution in [-0.2, 0) is 17.9 Å². The molecule has 0 bridgehead atoms. The summed E-state index contributed by atoms with van der Waals surface area (Å²) in [5.74, 6) is -0.820. The maximum atomic E-state index is 13.1. The molecule has 0 aliphatic rings. The predicted octanol–water partition coefficient (Wildman–Crippen LogP) is 4.29. The second-order valence-corrected chi connectivity index (χ2v) is 7.71. The Balaban J connectivity index is 1.65. The lowest BCUT2D eigenvalue weighted by molar-refractivity contribution is -0.117. The van der Waals surface area contributed by atoms with E-state index in [1.54, 1.807) is 6.20 Å². The summed E-state index contributed by atoms with van der Waals surface area (Å²) in [6.45, 7) is 4.08.